The van der Waals surface area contributed by atoms with Gasteiger partial charge >= 0.3 is 0 Å². The Hall–Kier alpha value is -9.05. The summed E-state index contributed by atoms with van der Waals surface area (Å²) in [6.07, 6.45) is 7.30. The largest absolute Gasteiger partial charge is 0.264 e. The summed E-state index contributed by atoms with van der Waals surface area (Å²) >= 11 is 0. The number of benzene rings is 10. The van der Waals surface area contributed by atoms with Gasteiger partial charge in [-0.3, -0.25) is 15.0 Å². The zero-order valence-corrected chi connectivity index (χ0v) is 51.6. The highest BCUT2D eigenvalue weighted by Crippen LogP contribution is 2.35. The number of rotatable bonds is 5. The van der Waals surface area contributed by atoms with E-state index >= 15 is 0 Å². The van der Waals surface area contributed by atoms with Crippen LogP contribution in [-0.2, 0) is 0 Å². The molecule has 2 heterocycles. The first-order valence-electron chi connectivity index (χ1n) is 28.9. The van der Waals surface area contributed by atoms with Gasteiger partial charge in [-0.2, -0.15) is 0 Å². The molecule has 0 saturated heterocycles. The Bertz CT molecular complexity index is 3770. The lowest BCUT2D eigenvalue weighted by atomic mass is 9.92. The summed E-state index contributed by atoms with van der Waals surface area (Å²) in [7, 11) is 0. The Kier molecular flexibility index (Phi) is 20.0. The molecule has 3 nitrogen and oxygen atoms in total. The zero-order valence-electron chi connectivity index (χ0n) is 51.6. The standard InChI is InChI=1S/C27H24.C18H18.C16H18.C13H13N.C6H8N2/c1-19-4-10-22(11-5-19)25-16-26(23-12-6-20(2)7-13-23)18-27(17-25)24-14-8-21(3)9-15-24;1-11-7-13(3)15-5-6-16-14(4)8-12(2)10-18(16)17(15)9-11;1-11-5-12(2)8-15(7-11)16-9-13(3)6-14(4)10-16;1-10-4-3-5-12(6-10)13-7-11(2)8-14-9-13;1-5-3-8-6(2)4-7-5/h4-18H,1-3H3;5-10H,1-4H3;5-10H,1-4H3;3-9H,1-2H3;3-4H,1-2H3. The first-order valence-corrected chi connectivity index (χ1v) is 28.9. The average molecular weight is 1080 g/mol. The van der Waals surface area contributed by atoms with Crippen LogP contribution < -0.4 is 0 Å². The molecular weight excluding hydrogens is 1000 g/mol. The highest BCUT2D eigenvalue weighted by molar-refractivity contribution is 6.10. The van der Waals surface area contributed by atoms with Gasteiger partial charge in [-0.05, 0) is 216 Å². The number of aromatic nitrogens is 3. The minimum atomic E-state index is 0.968. The van der Waals surface area contributed by atoms with Crippen LogP contribution in [0.1, 0.15) is 83.7 Å². The van der Waals surface area contributed by atoms with Crippen LogP contribution in [-0.4, -0.2) is 15.0 Å². The van der Waals surface area contributed by atoms with Crippen LogP contribution in [0.5, 0.6) is 0 Å². The molecule has 0 aliphatic carbocycles. The van der Waals surface area contributed by atoms with E-state index < -0.39 is 0 Å². The van der Waals surface area contributed by atoms with E-state index in [-0.39, 0.29) is 0 Å². The summed E-state index contributed by atoms with van der Waals surface area (Å²) in [6, 6.07) is 71.0. The number of hydrogen-bond donors (Lipinski definition) is 0. The van der Waals surface area contributed by atoms with Crippen molar-refractivity contribution in [2.45, 2.75) is 104 Å². The molecule has 0 atom stereocenters. The maximum Gasteiger partial charge on any atom is 0.0555 e. The average Bonchev–Trinajstić information content (AvgIpc) is 3.65. The van der Waals surface area contributed by atoms with Gasteiger partial charge in [-0.15, -0.1) is 0 Å². The number of aryl methyl sites for hydroxylation is 15. The van der Waals surface area contributed by atoms with E-state index in [1.165, 1.54) is 150 Å². The lowest BCUT2D eigenvalue weighted by molar-refractivity contribution is 1.06. The van der Waals surface area contributed by atoms with Crippen molar-refractivity contribution in [2.75, 3.05) is 0 Å². The number of pyridine rings is 1. The molecule has 0 aliphatic rings. The number of fused-ring (bicyclic) bond motifs is 3. The molecule has 83 heavy (non-hydrogen) atoms. The normalized spacial score (nSPS) is 10.6. The molecular formula is C80H81N3. The third kappa shape index (κ3) is 16.8. The lowest BCUT2D eigenvalue weighted by Gasteiger charge is -2.12. The molecule has 0 saturated carbocycles. The molecule has 0 unspecified atom stereocenters. The summed E-state index contributed by atoms with van der Waals surface area (Å²) in [5.41, 5.74) is 31.6. The summed E-state index contributed by atoms with van der Waals surface area (Å²) in [6.45, 7) is 31.8. The maximum absolute atomic E-state index is 4.19. The molecule has 12 rings (SSSR count). The summed E-state index contributed by atoms with van der Waals surface area (Å²) in [4.78, 5) is 12.2. The van der Waals surface area contributed by atoms with Crippen molar-refractivity contribution in [1.29, 1.82) is 0 Å². The van der Waals surface area contributed by atoms with Crippen molar-refractivity contribution < 1.29 is 0 Å². The minimum Gasteiger partial charge on any atom is -0.264 e. The molecule has 3 heteroatoms. The summed E-state index contributed by atoms with van der Waals surface area (Å²) in [5.74, 6) is 0. The third-order valence-corrected chi connectivity index (χ3v) is 14.8. The number of nitrogens with zero attached hydrogens (tertiary/aromatic N) is 3. The van der Waals surface area contributed by atoms with Gasteiger partial charge in [-0.25, -0.2) is 0 Å². The first-order chi connectivity index (χ1) is 39.7. The highest BCUT2D eigenvalue weighted by atomic mass is 14.8. The predicted octanol–water partition coefficient (Wildman–Crippen LogP) is 21.9. The van der Waals surface area contributed by atoms with Crippen LogP contribution in [0.3, 0.4) is 0 Å². The predicted molar refractivity (Wildman–Crippen MR) is 359 cm³/mol. The lowest BCUT2D eigenvalue weighted by Crippen LogP contribution is -1.87. The summed E-state index contributed by atoms with van der Waals surface area (Å²) < 4.78 is 0. The van der Waals surface area contributed by atoms with Crippen LogP contribution in [0.2, 0.25) is 0 Å². The Morgan fingerprint density at radius 2 is 0.530 bits per heavy atom. The van der Waals surface area contributed by atoms with Gasteiger partial charge in [0.2, 0.25) is 0 Å². The Labute approximate surface area is 495 Å². The Morgan fingerprint density at radius 3 is 0.880 bits per heavy atom. The topological polar surface area (TPSA) is 38.7 Å². The van der Waals surface area contributed by atoms with E-state index in [9.17, 15) is 0 Å². The molecule has 0 aliphatic heterocycles. The maximum atomic E-state index is 4.19. The molecule has 0 N–H and O–H groups in total. The highest BCUT2D eigenvalue weighted by Gasteiger charge is 2.10. The van der Waals surface area contributed by atoms with Crippen LogP contribution >= 0.6 is 0 Å². The molecule has 416 valence electrons. The van der Waals surface area contributed by atoms with Crippen LogP contribution in [0.25, 0.3) is 77.2 Å². The van der Waals surface area contributed by atoms with Crippen molar-refractivity contribution in [3.63, 3.8) is 0 Å². The fraction of sp³-hybridized carbons (Fsp3) is 0.188. The van der Waals surface area contributed by atoms with Gasteiger partial charge in [0, 0.05) is 30.4 Å². The van der Waals surface area contributed by atoms with Crippen molar-refractivity contribution >= 4 is 21.5 Å². The second-order valence-electron chi connectivity index (χ2n) is 23.0. The molecule has 0 fully saturated rings. The van der Waals surface area contributed by atoms with Crippen molar-refractivity contribution in [3.8, 4) is 55.6 Å². The van der Waals surface area contributed by atoms with E-state index in [1.807, 2.05) is 26.2 Å². The fourth-order valence-corrected chi connectivity index (χ4v) is 10.7. The Morgan fingerprint density at radius 1 is 0.193 bits per heavy atom. The van der Waals surface area contributed by atoms with E-state index in [2.05, 4.69) is 299 Å². The quantitative estimate of drug-likeness (QED) is 0.161. The van der Waals surface area contributed by atoms with Gasteiger partial charge in [0.1, 0.15) is 0 Å². The van der Waals surface area contributed by atoms with E-state index in [0.717, 1.165) is 11.4 Å². The Balaban J connectivity index is 0.000000142. The van der Waals surface area contributed by atoms with E-state index in [4.69, 9.17) is 0 Å². The molecule has 0 spiro atoms. The molecule has 2 aromatic heterocycles. The molecule has 0 radical (unpaired) electrons. The SMILES string of the molecule is Cc1cc(C)c2ccc3c(C)cc(C)cc3c2c1.Cc1cc(C)cc(-c2cc(C)cc(C)c2)c1.Cc1ccc(-c2cc(-c3ccc(C)cc3)cc(-c3ccc(C)cc3)c2)cc1.Cc1cccc(-c2cncc(C)c2)c1.Cc1cnc(C)cn1. The molecule has 0 bridgehead atoms. The van der Waals surface area contributed by atoms with Gasteiger partial charge in [-0.1, -0.05) is 225 Å². The van der Waals surface area contributed by atoms with E-state index in [0.29, 0.717) is 0 Å². The van der Waals surface area contributed by atoms with Gasteiger partial charge < -0.3 is 0 Å². The molecule has 10 aromatic carbocycles. The number of hydrogen-bond acceptors (Lipinski definition) is 3. The van der Waals surface area contributed by atoms with E-state index in [1.54, 1.807) is 12.4 Å². The van der Waals surface area contributed by atoms with Gasteiger partial charge in [0.15, 0.2) is 0 Å². The van der Waals surface area contributed by atoms with Gasteiger partial charge in [0.05, 0.1) is 11.4 Å². The van der Waals surface area contributed by atoms with Crippen molar-refractivity contribution in [1.82, 2.24) is 15.0 Å². The first kappa shape index (κ1) is 60.1. The molecule has 12 aromatic rings. The monoisotopic (exact) mass is 1080 g/mol. The van der Waals surface area contributed by atoms with Crippen LogP contribution in [0, 0.1) is 104 Å². The van der Waals surface area contributed by atoms with Gasteiger partial charge in [0.25, 0.3) is 0 Å². The van der Waals surface area contributed by atoms with Crippen LogP contribution in [0.4, 0.5) is 0 Å². The fourth-order valence-electron chi connectivity index (χ4n) is 10.7. The second kappa shape index (κ2) is 27.6. The van der Waals surface area contributed by atoms with Crippen molar-refractivity contribution in [3.05, 3.63) is 303 Å². The zero-order chi connectivity index (χ0) is 59.3. The molecule has 0 amide bonds. The minimum absolute atomic E-state index is 0.968. The third-order valence-electron chi connectivity index (χ3n) is 14.8. The summed E-state index contributed by atoms with van der Waals surface area (Å²) in [5, 5.41) is 5.52. The van der Waals surface area contributed by atoms with Crippen molar-refractivity contribution in [2.24, 2.45) is 0 Å². The van der Waals surface area contributed by atoms with Crippen LogP contribution in [0.15, 0.2) is 219 Å². The second-order valence-corrected chi connectivity index (χ2v) is 23.0. The smallest absolute Gasteiger partial charge is 0.0555 e.